The van der Waals surface area contributed by atoms with E-state index in [1.807, 2.05) is 18.2 Å². The average Bonchev–Trinajstić information content (AvgIpc) is 3.36. The maximum atomic E-state index is 5.80. The van der Waals surface area contributed by atoms with Gasteiger partial charge >= 0.3 is 0 Å². The lowest BCUT2D eigenvalue weighted by Gasteiger charge is -2.23. The van der Waals surface area contributed by atoms with E-state index < -0.39 is 0 Å². The summed E-state index contributed by atoms with van der Waals surface area (Å²) in [5, 5.41) is 10.8. The second kappa shape index (κ2) is 10.2. The SMILES string of the molecule is CC(C)c1cc(CN=C(NCCc2ccco2)NCC2CCCCO2)on1. The molecule has 1 unspecified atom stereocenters. The lowest BCUT2D eigenvalue weighted by atomic mass is 10.1. The van der Waals surface area contributed by atoms with Crippen molar-refractivity contribution in [3.05, 3.63) is 41.7 Å². The van der Waals surface area contributed by atoms with Gasteiger partial charge in [0.15, 0.2) is 11.7 Å². The largest absolute Gasteiger partial charge is 0.469 e. The molecule has 1 aliphatic rings. The molecule has 2 aromatic heterocycles. The molecule has 0 aliphatic carbocycles. The van der Waals surface area contributed by atoms with Crippen LogP contribution >= 0.6 is 0 Å². The number of furan rings is 1. The number of guanidine groups is 1. The van der Waals surface area contributed by atoms with Crippen molar-refractivity contribution < 1.29 is 13.7 Å². The van der Waals surface area contributed by atoms with E-state index in [2.05, 4.69) is 34.6 Å². The Kier molecular flexibility index (Phi) is 7.33. The number of hydrogen-bond donors (Lipinski definition) is 2. The summed E-state index contributed by atoms with van der Waals surface area (Å²) in [4.78, 5) is 4.64. The van der Waals surface area contributed by atoms with Crippen LogP contribution in [0.2, 0.25) is 0 Å². The van der Waals surface area contributed by atoms with Gasteiger partial charge in [0.25, 0.3) is 0 Å². The number of nitrogens with zero attached hydrogens (tertiary/aromatic N) is 2. The number of aromatic nitrogens is 1. The van der Waals surface area contributed by atoms with E-state index >= 15 is 0 Å². The van der Waals surface area contributed by atoms with E-state index in [0.29, 0.717) is 12.5 Å². The van der Waals surface area contributed by atoms with Gasteiger partial charge < -0.3 is 24.3 Å². The van der Waals surface area contributed by atoms with Crippen molar-refractivity contribution in [1.29, 1.82) is 0 Å². The highest BCUT2D eigenvalue weighted by Gasteiger charge is 2.14. The van der Waals surface area contributed by atoms with Crippen molar-refractivity contribution >= 4 is 5.96 Å². The molecule has 27 heavy (non-hydrogen) atoms. The molecular formula is C20H30N4O3. The van der Waals surface area contributed by atoms with Crippen LogP contribution in [-0.2, 0) is 17.7 Å². The number of hydrogen-bond acceptors (Lipinski definition) is 5. The van der Waals surface area contributed by atoms with Gasteiger partial charge in [-0.3, -0.25) is 0 Å². The zero-order valence-electron chi connectivity index (χ0n) is 16.2. The standard InChI is InChI=1S/C20H30N4O3/c1-15(2)19-12-18(27-24-19)14-23-20(21-9-8-16-7-5-11-25-16)22-13-17-6-3-4-10-26-17/h5,7,11-12,15,17H,3-4,6,8-10,13-14H2,1-2H3,(H2,21,22,23). The molecule has 0 radical (unpaired) electrons. The van der Waals surface area contributed by atoms with Gasteiger partial charge in [-0.05, 0) is 37.3 Å². The Morgan fingerprint density at radius 1 is 1.30 bits per heavy atom. The summed E-state index contributed by atoms with van der Waals surface area (Å²) < 4.78 is 16.6. The van der Waals surface area contributed by atoms with Gasteiger partial charge in [-0.25, -0.2) is 4.99 Å². The summed E-state index contributed by atoms with van der Waals surface area (Å²) in [5.74, 6) is 2.81. The highest BCUT2D eigenvalue weighted by Crippen LogP contribution is 2.14. The summed E-state index contributed by atoms with van der Waals surface area (Å²) in [6.45, 7) is 6.97. The van der Waals surface area contributed by atoms with Crippen LogP contribution in [0.3, 0.4) is 0 Å². The van der Waals surface area contributed by atoms with Gasteiger partial charge in [-0.15, -0.1) is 0 Å². The van der Waals surface area contributed by atoms with E-state index in [1.54, 1.807) is 6.26 Å². The normalized spacial score (nSPS) is 18.0. The molecule has 1 aliphatic heterocycles. The lowest BCUT2D eigenvalue weighted by molar-refractivity contribution is 0.0194. The number of aliphatic imine (C=N–C) groups is 1. The first-order valence-electron chi connectivity index (χ1n) is 9.82. The molecule has 7 heteroatoms. The number of nitrogens with one attached hydrogen (secondary N) is 2. The van der Waals surface area contributed by atoms with Gasteiger partial charge in [0.1, 0.15) is 12.3 Å². The molecule has 0 spiro atoms. The van der Waals surface area contributed by atoms with Gasteiger partial charge in [0.2, 0.25) is 0 Å². The molecule has 0 bridgehead atoms. The third kappa shape index (κ3) is 6.43. The minimum atomic E-state index is 0.244. The first kappa shape index (κ1) is 19.5. The molecule has 1 saturated heterocycles. The number of ether oxygens (including phenoxy) is 1. The van der Waals surface area contributed by atoms with Crippen LogP contribution in [0.4, 0.5) is 0 Å². The van der Waals surface area contributed by atoms with E-state index in [1.165, 1.54) is 6.42 Å². The second-order valence-electron chi connectivity index (χ2n) is 7.16. The summed E-state index contributed by atoms with van der Waals surface area (Å²) in [5.41, 5.74) is 0.955. The molecule has 1 atom stereocenters. The average molecular weight is 374 g/mol. The predicted octanol–water partition coefficient (Wildman–Crippen LogP) is 3.24. The van der Waals surface area contributed by atoms with E-state index in [0.717, 1.165) is 62.1 Å². The summed E-state index contributed by atoms with van der Waals surface area (Å²) in [6.07, 6.45) is 6.20. The lowest BCUT2D eigenvalue weighted by Crippen LogP contribution is -2.43. The minimum absolute atomic E-state index is 0.244. The highest BCUT2D eigenvalue weighted by atomic mass is 16.5. The quantitative estimate of drug-likeness (QED) is 0.545. The molecule has 2 N–H and O–H groups in total. The molecule has 3 heterocycles. The van der Waals surface area contributed by atoms with Crippen molar-refractivity contribution in [2.75, 3.05) is 19.7 Å². The van der Waals surface area contributed by atoms with Gasteiger partial charge in [-0.1, -0.05) is 19.0 Å². The van der Waals surface area contributed by atoms with E-state index in [9.17, 15) is 0 Å². The number of rotatable bonds is 8. The van der Waals surface area contributed by atoms with Crippen molar-refractivity contribution in [2.24, 2.45) is 4.99 Å². The van der Waals surface area contributed by atoms with Crippen LogP contribution in [0.15, 0.2) is 38.4 Å². The third-order valence-electron chi connectivity index (χ3n) is 4.58. The van der Waals surface area contributed by atoms with Crippen LogP contribution < -0.4 is 10.6 Å². The molecule has 1 fully saturated rings. The first-order valence-corrected chi connectivity index (χ1v) is 9.82. The molecule has 0 saturated carbocycles. The van der Waals surface area contributed by atoms with Gasteiger partial charge in [-0.2, -0.15) is 0 Å². The monoisotopic (exact) mass is 374 g/mol. The Labute approximate surface area is 160 Å². The molecule has 7 nitrogen and oxygen atoms in total. The van der Waals surface area contributed by atoms with Crippen LogP contribution in [0.1, 0.15) is 56.2 Å². The van der Waals surface area contributed by atoms with Gasteiger partial charge in [0.05, 0.1) is 18.1 Å². The Bertz CT molecular complexity index is 688. The molecule has 3 rings (SSSR count). The molecule has 0 aromatic carbocycles. The summed E-state index contributed by atoms with van der Waals surface area (Å²) >= 11 is 0. The highest BCUT2D eigenvalue weighted by molar-refractivity contribution is 5.79. The zero-order valence-corrected chi connectivity index (χ0v) is 16.2. The summed E-state index contributed by atoms with van der Waals surface area (Å²) in [7, 11) is 0. The third-order valence-corrected chi connectivity index (χ3v) is 4.58. The van der Waals surface area contributed by atoms with E-state index in [-0.39, 0.29) is 6.10 Å². The Morgan fingerprint density at radius 2 is 2.22 bits per heavy atom. The Hall–Kier alpha value is -2.28. The first-order chi connectivity index (χ1) is 13.2. The van der Waals surface area contributed by atoms with Crippen LogP contribution in [0, 0.1) is 0 Å². The zero-order chi connectivity index (χ0) is 18.9. The summed E-state index contributed by atoms with van der Waals surface area (Å²) in [6, 6.07) is 5.85. The fraction of sp³-hybridized carbons (Fsp3) is 0.600. The van der Waals surface area contributed by atoms with Crippen molar-refractivity contribution in [3.8, 4) is 0 Å². The van der Waals surface area contributed by atoms with E-state index in [4.69, 9.17) is 13.7 Å². The molecular weight excluding hydrogens is 344 g/mol. The van der Waals surface area contributed by atoms with Crippen LogP contribution in [-0.4, -0.2) is 36.9 Å². The van der Waals surface area contributed by atoms with Crippen molar-refractivity contribution in [3.63, 3.8) is 0 Å². The molecule has 0 amide bonds. The topological polar surface area (TPSA) is 84.8 Å². The minimum Gasteiger partial charge on any atom is -0.469 e. The Morgan fingerprint density at radius 3 is 2.93 bits per heavy atom. The predicted molar refractivity (Wildman–Crippen MR) is 104 cm³/mol. The molecule has 2 aromatic rings. The maximum Gasteiger partial charge on any atom is 0.191 e. The van der Waals surface area contributed by atoms with Gasteiger partial charge in [0, 0.05) is 32.2 Å². The van der Waals surface area contributed by atoms with Crippen LogP contribution in [0.5, 0.6) is 0 Å². The Balaban J connectivity index is 1.54. The fourth-order valence-corrected chi connectivity index (χ4v) is 2.94. The molecule has 148 valence electrons. The van der Waals surface area contributed by atoms with Crippen molar-refractivity contribution in [1.82, 2.24) is 15.8 Å². The van der Waals surface area contributed by atoms with Crippen LogP contribution in [0.25, 0.3) is 0 Å². The van der Waals surface area contributed by atoms with Crippen molar-refractivity contribution in [2.45, 2.75) is 58.1 Å². The second-order valence-corrected chi connectivity index (χ2v) is 7.16. The fourth-order valence-electron chi connectivity index (χ4n) is 2.94. The smallest absolute Gasteiger partial charge is 0.191 e. The maximum absolute atomic E-state index is 5.80.